The summed E-state index contributed by atoms with van der Waals surface area (Å²) in [6.07, 6.45) is 4.69. The van der Waals surface area contributed by atoms with Crippen LogP contribution in [0.1, 0.15) is 66.4 Å². The topological polar surface area (TPSA) is 64.1 Å². The molecule has 128 valence electrons. The van der Waals surface area contributed by atoms with Gasteiger partial charge in [0.2, 0.25) is 0 Å². The molecule has 2 aromatic heterocycles. The van der Waals surface area contributed by atoms with Crippen molar-refractivity contribution in [2.75, 3.05) is 6.61 Å². The Morgan fingerprint density at radius 1 is 1.46 bits per heavy atom. The SMILES string of the molecule is CC(C)CC(NC(=O)c1csc(C2CCCO2)n1)c1ccccn1. The molecule has 1 aliphatic rings. The summed E-state index contributed by atoms with van der Waals surface area (Å²) in [5.41, 5.74) is 1.35. The van der Waals surface area contributed by atoms with Gasteiger partial charge in [0.05, 0.1) is 11.7 Å². The predicted octanol–water partition coefficient (Wildman–Crippen LogP) is 3.91. The third-order valence-corrected chi connectivity index (χ3v) is 4.95. The number of carbonyl (C=O) groups is 1. The molecule has 0 radical (unpaired) electrons. The molecule has 2 unspecified atom stereocenters. The van der Waals surface area contributed by atoms with Gasteiger partial charge >= 0.3 is 0 Å². The van der Waals surface area contributed by atoms with Crippen LogP contribution in [0.25, 0.3) is 0 Å². The number of aromatic nitrogens is 2. The van der Waals surface area contributed by atoms with E-state index in [1.165, 1.54) is 11.3 Å². The van der Waals surface area contributed by atoms with Gasteiger partial charge in [0.1, 0.15) is 16.8 Å². The van der Waals surface area contributed by atoms with Crippen molar-refractivity contribution in [1.29, 1.82) is 0 Å². The Labute approximate surface area is 146 Å². The van der Waals surface area contributed by atoms with Gasteiger partial charge in [0.15, 0.2) is 0 Å². The van der Waals surface area contributed by atoms with Crippen LogP contribution in [-0.4, -0.2) is 22.5 Å². The molecule has 0 aliphatic carbocycles. The Bertz CT molecular complexity index is 666. The Hall–Kier alpha value is -1.79. The highest BCUT2D eigenvalue weighted by atomic mass is 32.1. The van der Waals surface area contributed by atoms with Crippen molar-refractivity contribution in [3.63, 3.8) is 0 Å². The largest absolute Gasteiger partial charge is 0.371 e. The number of carbonyl (C=O) groups excluding carboxylic acids is 1. The lowest BCUT2D eigenvalue weighted by atomic mass is 10.0. The van der Waals surface area contributed by atoms with E-state index in [0.29, 0.717) is 11.6 Å². The maximum atomic E-state index is 12.6. The van der Waals surface area contributed by atoms with Crippen LogP contribution in [0, 0.1) is 5.92 Å². The average molecular weight is 345 g/mol. The molecule has 3 rings (SSSR count). The zero-order valence-electron chi connectivity index (χ0n) is 14.1. The second kappa shape index (κ2) is 7.85. The minimum Gasteiger partial charge on any atom is -0.371 e. The van der Waals surface area contributed by atoms with Gasteiger partial charge in [-0.25, -0.2) is 4.98 Å². The Kier molecular flexibility index (Phi) is 5.58. The maximum Gasteiger partial charge on any atom is 0.271 e. The molecule has 1 saturated heterocycles. The molecule has 2 aromatic rings. The number of pyridine rings is 1. The van der Waals surface area contributed by atoms with Crippen molar-refractivity contribution in [2.45, 2.75) is 45.3 Å². The quantitative estimate of drug-likeness (QED) is 0.862. The Morgan fingerprint density at radius 2 is 2.33 bits per heavy atom. The van der Waals surface area contributed by atoms with Crippen LogP contribution in [0.4, 0.5) is 0 Å². The molecule has 1 fully saturated rings. The number of ether oxygens (including phenoxy) is 1. The highest BCUT2D eigenvalue weighted by Crippen LogP contribution is 2.30. The molecule has 0 bridgehead atoms. The normalized spacial score (nSPS) is 18.7. The Balaban J connectivity index is 1.71. The van der Waals surface area contributed by atoms with E-state index >= 15 is 0 Å². The summed E-state index contributed by atoms with van der Waals surface area (Å²) in [5, 5.41) is 5.80. The van der Waals surface area contributed by atoms with Crippen LogP contribution in [0.15, 0.2) is 29.8 Å². The van der Waals surface area contributed by atoms with Crippen LogP contribution in [0.3, 0.4) is 0 Å². The minimum atomic E-state index is -0.146. The first-order valence-electron chi connectivity index (χ1n) is 8.42. The van der Waals surface area contributed by atoms with Crippen molar-refractivity contribution >= 4 is 17.2 Å². The van der Waals surface area contributed by atoms with Crippen LogP contribution < -0.4 is 5.32 Å². The van der Waals surface area contributed by atoms with E-state index in [9.17, 15) is 4.79 Å². The van der Waals surface area contributed by atoms with Crippen molar-refractivity contribution in [1.82, 2.24) is 15.3 Å². The zero-order chi connectivity index (χ0) is 16.9. The standard InChI is InChI=1S/C18H23N3O2S/c1-12(2)10-14(13-6-3-4-8-19-13)20-17(22)15-11-24-18(21-15)16-7-5-9-23-16/h3-4,6,8,11-12,14,16H,5,7,9-10H2,1-2H3,(H,20,22). The molecule has 0 aromatic carbocycles. The van der Waals surface area contributed by atoms with Gasteiger partial charge in [-0.1, -0.05) is 19.9 Å². The zero-order valence-corrected chi connectivity index (χ0v) is 14.9. The molecule has 3 heterocycles. The third kappa shape index (κ3) is 4.19. The third-order valence-electron chi connectivity index (χ3n) is 4.02. The van der Waals surface area contributed by atoms with Crippen molar-refractivity contribution in [2.24, 2.45) is 5.92 Å². The first kappa shape index (κ1) is 17.0. The van der Waals surface area contributed by atoms with Gasteiger partial charge in [-0.05, 0) is 37.3 Å². The number of rotatable bonds is 6. The van der Waals surface area contributed by atoms with Crippen LogP contribution in [0.2, 0.25) is 0 Å². The van der Waals surface area contributed by atoms with Gasteiger partial charge in [-0.2, -0.15) is 0 Å². The van der Waals surface area contributed by atoms with Gasteiger partial charge in [-0.15, -0.1) is 11.3 Å². The number of thiazole rings is 1. The number of nitrogens with zero attached hydrogens (tertiary/aromatic N) is 2. The van der Waals surface area contributed by atoms with Crippen LogP contribution in [0.5, 0.6) is 0 Å². The number of nitrogens with one attached hydrogen (secondary N) is 1. The van der Waals surface area contributed by atoms with E-state index in [1.54, 1.807) is 6.20 Å². The smallest absolute Gasteiger partial charge is 0.271 e. The number of hydrogen-bond donors (Lipinski definition) is 1. The van der Waals surface area contributed by atoms with Crippen LogP contribution >= 0.6 is 11.3 Å². The summed E-state index contributed by atoms with van der Waals surface area (Å²) < 4.78 is 5.64. The first-order chi connectivity index (χ1) is 11.6. The molecule has 1 amide bonds. The summed E-state index contributed by atoms with van der Waals surface area (Å²) >= 11 is 1.50. The van der Waals surface area contributed by atoms with E-state index in [-0.39, 0.29) is 18.1 Å². The fourth-order valence-electron chi connectivity index (χ4n) is 2.85. The summed E-state index contributed by atoms with van der Waals surface area (Å²) in [6.45, 7) is 5.06. The molecule has 0 spiro atoms. The van der Waals surface area contributed by atoms with E-state index < -0.39 is 0 Å². The van der Waals surface area contributed by atoms with Gasteiger partial charge in [-0.3, -0.25) is 9.78 Å². The summed E-state index contributed by atoms with van der Waals surface area (Å²) in [4.78, 5) is 21.5. The van der Waals surface area contributed by atoms with Gasteiger partial charge in [0, 0.05) is 18.2 Å². The van der Waals surface area contributed by atoms with Gasteiger partial charge < -0.3 is 10.1 Å². The lowest BCUT2D eigenvalue weighted by Crippen LogP contribution is -2.30. The lowest BCUT2D eigenvalue weighted by molar-refractivity contribution is 0.0923. The molecule has 24 heavy (non-hydrogen) atoms. The highest BCUT2D eigenvalue weighted by molar-refractivity contribution is 7.09. The molecule has 6 heteroatoms. The fourth-order valence-corrected chi connectivity index (χ4v) is 3.73. The minimum absolute atomic E-state index is 0.0544. The monoisotopic (exact) mass is 345 g/mol. The molecule has 2 atom stereocenters. The Morgan fingerprint density at radius 3 is 3.00 bits per heavy atom. The van der Waals surface area contributed by atoms with E-state index in [1.807, 2.05) is 23.6 Å². The molecular weight excluding hydrogens is 322 g/mol. The van der Waals surface area contributed by atoms with Gasteiger partial charge in [0.25, 0.3) is 5.91 Å². The van der Waals surface area contributed by atoms with E-state index in [4.69, 9.17) is 4.74 Å². The number of hydrogen-bond acceptors (Lipinski definition) is 5. The molecule has 0 saturated carbocycles. The highest BCUT2D eigenvalue weighted by Gasteiger charge is 2.24. The molecule has 5 nitrogen and oxygen atoms in total. The lowest BCUT2D eigenvalue weighted by Gasteiger charge is -2.19. The second-order valence-corrected chi connectivity index (χ2v) is 7.37. The van der Waals surface area contributed by atoms with Crippen molar-refractivity contribution in [3.8, 4) is 0 Å². The van der Waals surface area contributed by atoms with E-state index in [2.05, 4.69) is 29.1 Å². The number of amides is 1. The second-order valence-electron chi connectivity index (χ2n) is 6.48. The summed E-state index contributed by atoms with van der Waals surface area (Å²) in [5.74, 6) is 0.307. The van der Waals surface area contributed by atoms with Crippen LogP contribution in [-0.2, 0) is 4.74 Å². The maximum absolute atomic E-state index is 12.6. The molecule has 1 N–H and O–H groups in total. The van der Waals surface area contributed by atoms with Crippen molar-refractivity contribution in [3.05, 3.63) is 46.2 Å². The predicted molar refractivity (Wildman–Crippen MR) is 93.9 cm³/mol. The molecular formula is C18H23N3O2S. The summed E-state index contributed by atoms with van der Waals surface area (Å²) in [7, 11) is 0. The first-order valence-corrected chi connectivity index (χ1v) is 9.30. The van der Waals surface area contributed by atoms with E-state index in [0.717, 1.165) is 36.6 Å². The molecule has 1 aliphatic heterocycles. The fraction of sp³-hybridized carbons (Fsp3) is 0.500. The average Bonchev–Trinajstić information content (AvgIpc) is 3.25. The van der Waals surface area contributed by atoms with Crippen molar-refractivity contribution < 1.29 is 9.53 Å². The summed E-state index contributed by atoms with van der Waals surface area (Å²) in [6, 6.07) is 5.67.